The molecular formula is C23H27NO5S. The van der Waals surface area contributed by atoms with Gasteiger partial charge >= 0.3 is 0 Å². The first kappa shape index (κ1) is 22.2. The van der Waals surface area contributed by atoms with Crippen molar-refractivity contribution < 1.29 is 22.7 Å². The predicted molar refractivity (Wildman–Crippen MR) is 115 cm³/mol. The standard InChI is InChI=1S/C23H27NO5S/c1-17-3-5-18(6-4-17)22(25)19-11-13-24(14-12-19)23(26)20-7-9-21(10-8-20)30(27,28)16-15-29-2/h3-10,19H,11-16H2,1-2H3. The van der Waals surface area contributed by atoms with Gasteiger partial charge in [-0.05, 0) is 44.0 Å². The molecule has 6 nitrogen and oxygen atoms in total. The molecule has 1 saturated heterocycles. The molecule has 0 atom stereocenters. The van der Waals surface area contributed by atoms with Crippen LogP contribution in [0.5, 0.6) is 0 Å². The molecule has 2 aromatic rings. The molecule has 0 saturated carbocycles. The Morgan fingerprint density at radius 3 is 2.10 bits per heavy atom. The molecule has 0 radical (unpaired) electrons. The molecular weight excluding hydrogens is 402 g/mol. The number of methoxy groups -OCH3 is 1. The van der Waals surface area contributed by atoms with Crippen molar-refractivity contribution in [2.45, 2.75) is 24.7 Å². The number of piperidine rings is 1. The summed E-state index contributed by atoms with van der Waals surface area (Å²) in [7, 11) is -1.97. The van der Waals surface area contributed by atoms with E-state index in [4.69, 9.17) is 4.74 Å². The van der Waals surface area contributed by atoms with Crippen LogP contribution in [0.3, 0.4) is 0 Å². The Morgan fingerprint density at radius 1 is 0.967 bits per heavy atom. The Kier molecular flexibility index (Phi) is 7.05. The zero-order valence-electron chi connectivity index (χ0n) is 17.3. The molecule has 7 heteroatoms. The Bertz CT molecular complexity index is 989. The number of amides is 1. The van der Waals surface area contributed by atoms with Crippen molar-refractivity contribution in [2.24, 2.45) is 5.92 Å². The van der Waals surface area contributed by atoms with Crippen LogP contribution in [0.4, 0.5) is 0 Å². The van der Waals surface area contributed by atoms with E-state index in [1.54, 1.807) is 17.0 Å². The van der Waals surface area contributed by atoms with Gasteiger partial charge in [0, 0.05) is 37.2 Å². The number of sulfone groups is 1. The minimum Gasteiger partial charge on any atom is -0.384 e. The van der Waals surface area contributed by atoms with Crippen LogP contribution >= 0.6 is 0 Å². The van der Waals surface area contributed by atoms with Crippen molar-refractivity contribution in [3.8, 4) is 0 Å². The number of hydrogen-bond donors (Lipinski definition) is 0. The minimum atomic E-state index is -3.42. The first-order valence-electron chi connectivity index (χ1n) is 10.0. The molecule has 3 rings (SSSR count). The Morgan fingerprint density at radius 2 is 1.53 bits per heavy atom. The van der Waals surface area contributed by atoms with E-state index in [0.29, 0.717) is 31.5 Å². The highest BCUT2D eigenvalue weighted by molar-refractivity contribution is 7.91. The number of nitrogens with zero attached hydrogens (tertiary/aromatic N) is 1. The van der Waals surface area contributed by atoms with Gasteiger partial charge in [0.1, 0.15) is 0 Å². The smallest absolute Gasteiger partial charge is 0.253 e. The summed E-state index contributed by atoms with van der Waals surface area (Å²) in [6.45, 7) is 3.13. The molecule has 0 N–H and O–H groups in total. The number of carbonyl (C=O) groups excluding carboxylic acids is 2. The molecule has 0 unspecified atom stereocenters. The number of ketones is 1. The van der Waals surface area contributed by atoms with E-state index in [0.717, 1.165) is 11.1 Å². The number of aryl methyl sites for hydroxylation is 1. The monoisotopic (exact) mass is 429 g/mol. The average molecular weight is 430 g/mol. The third-order valence-corrected chi connectivity index (χ3v) is 7.20. The highest BCUT2D eigenvalue weighted by Crippen LogP contribution is 2.24. The van der Waals surface area contributed by atoms with E-state index in [2.05, 4.69) is 0 Å². The van der Waals surface area contributed by atoms with Gasteiger partial charge in [-0.2, -0.15) is 0 Å². The maximum Gasteiger partial charge on any atom is 0.253 e. The lowest BCUT2D eigenvalue weighted by atomic mass is 9.88. The Hall–Kier alpha value is -2.51. The molecule has 0 aromatic heterocycles. The molecule has 1 fully saturated rings. The fourth-order valence-electron chi connectivity index (χ4n) is 3.60. The second-order valence-electron chi connectivity index (χ2n) is 7.63. The van der Waals surface area contributed by atoms with Crippen molar-refractivity contribution in [1.82, 2.24) is 4.90 Å². The molecule has 0 aliphatic carbocycles. The number of benzene rings is 2. The van der Waals surface area contributed by atoms with Crippen molar-refractivity contribution >= 4 is 21.5 Å². The summed E-state index contributed by atoms with van der Waals surface area (Å²) in [6.07, 6.45) is 1.25. The second-order valence-corrected chi connectivity index (χ2v) is 9.74. The topological polar surface area (TPSA) is 80.8 Å². The van der Waals surface area contributed by atoms with E-state index in [1.807, 2.05) is 31.2 Å². The van der Waals surface area contributed by atoms with Crippen molar-refractivity contribution in [2.75, 3.05) is 32.6 Å². The van der Waals surface area contributed by atoms with Gasteiger partial charge in [0.15, 0.2) is 15.6 Å². The maximum absolute atomic E-state index is 12.8. The molecule has 1 amide bonds. The summed E-state index contributed by atoms with van der Waals surface area (Å²) >= 11 is 0. The number of likely N-dealkylation sites (tertiary alicyclic amines) is 1. The van der Waals surface area contributed by atoms with E-state index < -0.39 is 9.84 Å². The van der Waals surface area contributed by atoms with Crippen LogP contribution < -0.4 is 0 Å². The normalized spacial score (nSPS) is 15.2. The summed E-state index contributed by atoms with van der Waals surface area (Å²) in [6, 6.07) is 13.6. The van der Waals surface area contributed by atoms with Crippen LogP contribution in [-0.2, 0) is 14.6 Å². The highest BCUT2D eigenvalue weighted by atomic mass is 32.2. The zero-order chi connectivity index (χ0) is 21.7. The van der Waals surface area contributed by atoms with E-state index in [1.165, 1.54) is 19.2 Å². The predicted octanol–water partition coefficient (Wildman–Crippen LogP) is 3.15. The molecule has 2 aromatic carbocycles. The van der Waals surface area contributed by atoms with Crippen LogP contribution in [0, 0.1) is 12.8 Å². The summed E-state index contributed by atoms with van der Waals surface area (Å²) in [5.41, 5.74) is 2.28. The molecule has 0 spiro atoms. The first-order valence-corrected chi connectivity index (χ1v) is 11.7. The molecule has 1 aliphatic heterocycles. The number of carbonyl (C=O) groups is 2. The lowest BCUT2D eigenvalue weighted by Crippen LogP contribution is -2.40. The molecule has 30 heavy (non-hydrogen) atoms. The van der Waals surface area contributed by atoms with E-state index in [-0.39, 0.29) is 34.9 Å². The number of ether oxygens (including phenoxy) is 1. The van der Waals surface area contributed by atoms with Gasteiger partial charge in [0.05, 0.1) is 17.3 Å². The van der Waals surface area contributed by atoms with Crippen LogP contribution in [-0.4, -0.2) is 57.6 Å². The zero-order valence-corrected chi connectivity index (χ0v) is 18.2. The number of Topliss-reactive ketones (excluding diaryl/α,β-unsaturated/α-hetero) is 1. The van der Waals surface area contributed by atoms with Crippen molar-refractivity contribution in [3.63, 3.8) is 0 Å². The second kappa shape index (κ2) is 9.53. The Labute approximate surface area is 177 Å². The summed E-state index contributed by atoms with van der Waals surface area (Å²) in [5, 5.41) is 0. The lowest BCUT2D eigenvalue weighted by molar-refractivity contribution is 0.0650. The first-order chi connectivity index (χ1) is 14.3. The Balaban J connectivity index is 1.60. The van der Waals surface area contributed by atoms with Crippen LogP contribution in [0.1, 0.15) is 39.1 Å². The lowest BCUT2D eigenvalue weighted by Gasteiger charge is -2.31. The van der Waals surface area contributed by atoms with Crippen LogP contribution in [0.25, 0.3) is 0 Å². The maximum atomic E-state index is 12.8. The third kappa shape index (κ3) is 5.15. The summed E-state index contributed by atoms with van der Waals surface area (Å²) < 4.78 is 29.2. The van der Waals surface area contributed by atoms with Crippen LogP contribution in [0.2, 0.25) is 0 Å². The van der Waals surface area contributed by atoms with Gasteiger partial charge in [-0.25, -0.2) is 8.42 Å². The fourth-order valence-corrected chi connectivity index (χ4v) is 4.77. The van der Waals surface area contributed by atoms with Gasteiger partial charge in [0.2, 0.25) is 0 Å². The SMILES string of the molecule is COCCS(=O)(=O)c1ccc(C(=O)N2CCC(C(=O)c3ccc(C)cc3)CC2)cc1. The third-order valence-electron chi connectivity index (χ3n) is 5.51. The van der Waals surface area contributed by atoms with Crippen molar-refractivity contribution in [3.05, 3.63) is 65.2 Å². The van der Waals surface area contributed by atoms with Gasteiger partial charge < -0.3 is 9.64 Å². The van der Waals surface area contributed by atoms with Gasteiger partial charge in [-0.1, -0.05) is 29.8 Å². The summed E-state index contributed by atoms with van der Waals surface area (Å²) in [5.74, 6) is -0.186. The number of hydrogen-bond acceptors (Lipinski definition) is 5. The fraction of sp³-hybridized carbons (Fsp3) is 0.391. The largest absolute Gasteiger partial charge is 0.384 e. The molecule has 160 valence electrons. The summed E-state index contributed by atoms with van der Waals surface area (Å²) in [4.78, 5) is 27.4. The minimum absolute atomic E-state index is 0.0786. The average Bonchev–Trinajstić information content (AvgIpc) is 2.77. The molecule has 1 heterocycles. The highest BCUT2D eigenvalue weighted by Gasteiger charge is 2.28. The van der Waals surface area contributed by atoms with E-state index >= 15 is 0 Å². The van der Waals surface area contributed by atoms with Crippen molar-refractivity contribution in [1.29, 1.82) is 0 Å². The van der Waals surface area contributed by atoms with Crippen LogP contribution in [0.15, 0.2) is 53.4 Å². The molecule has 1 aliphatic rings. The number of rotatable bonds is 7. The van der Waals surface area contributed by atoms with Gasteiger partial charge in [-0.15, -0.1) is 0 Å². The van der Waals surface area contributed by atoms with E-state index in [9.17, 15) is 18.0 Å². The van der Waals surface area contributed by atoms with Gasteiger partial charge in [0.25, 0.3) is 5.91 Å². The molecule has 0 bridgehead atoms. The quantitative estimate of drug-likeness (QED) is 0.632. The van der Waals surface area contributed by atoms with Gasteiger partial charge in [-0.3, -0.25) is 9.59 Å².